The second-order valence-corrected chi connectivity index (χ2v) is 6.49. The Labute approximate surface area is 156 Å². The molecule has 5 heteroatoms. The van der Waals surface area contributed by atoms with Crippen molar-refractivity contribution in [1.82, 2.24) is 9.55 Å². The summed E-state index contributed by atoms with van der Waals surface area (Å²) in [5, 5.41) is 2.79. The summed E-state index contributed by atoms with van der Waals surface area (Å²) in [6, 6.07) is 21.2. The van der Waals surface area contributed by atoms with Gasteiger partial charge in [0.05, 0.1) is 17.2 Å². The number of fused-ring (bicyclic) bond motifs is 2. The molecule has 134 valence electrons. The summed E-state index contributed by atoms with van der Waals surface area (Å²) >= 11 is 0. The number of nitrogens with zero attached hydrogens (tertiary/aromatic N) is 3. The van der Waals surface area contributed by atoms with Gasteiger partial charge in [-0.3, -0.25) is 14.2 Å². The third kappa shape index (κ3) is 3.31. The van der Waals surface area contributed by atoms with Gasteiger partial charge in [-0.05, 0) is 35.0 Å². The summed E-state index contributed by atoms with van der Waals surface area (Å²) in [7, 11) is 1.76. The van der Waals surface area contributed by atoms with Crippen LogP contribution in [0, 0.1) is 0 Å². The molecule has 1 aromatic heterocycles. The van der Waals surface area contributed by atoms with Crippen molar-refractivity contribution in [3.05, 3.63) is 83.4 Å². The molecular weight excluding hydrogens is 338 g/mol. The molecule has 0 spiro atoms. The van der Waals surface area contributed by atoms with Gasteiger partial charge in [-0.1, -0.05) is 42.5 Å². The first-order chi connectivity index (χ1) is 13.1. The summed E-state index contributed by atoms with van der Waals surface area (Å²) in [4.78, 5) is 31.1. The summed E-state index contributed by atoms with van der Waals surface area (Å²) in [5.41, 5.74) is 1.38. The van der Waals surface area contributed by atoms with Crippen molar-refractivity contribution in [1.29, 1.82) is 0 Å². The Morgan fingerprint density at radius 3 is 2.59 bits per heavy atom. The van der Waals surface area contributed by atoms with Crippen molar-refractivity contribution < 1.29 is 4.79 Å². The quantitative estimate of drug-likeness (QED) is 0.561. The largest absolute Gasteiger partial charge is 0.315 e. The number of carbonyl (C=O) groups is 1. The van der Waals surface area contributed by atoms with Gasteiger partial charge in [-0.2, -0.15) is 0 Å². The number of hydrogen-bond donors (Lipinski definition) is 0. The fraction of sp³-hybridized carbons (Fsp3) is 0.136. The van der Waals surface area contributed by atoms with Crippen LogP contribution in [-0.2, 0) is 11.3 Å². The maximum absolute atomic E-state index is 12.6. The molecule has 27 heavy (non-hydrogen) atoms. The maximum atomic E-state index is 12.6. The number of aryl methyl sites for hydroxylation is 1. The number of aromatic nitrogens is 2. The molecule has 4 aromatic rings. The summed E-state index contributed by atoms with van der Waals surface area (Å²) in [6.45, 7) is 0.299. The van der Waals surface area contributed by atoms with Crippen LogP contribution >= 0.6 is 0 Å². The van der Waals surface area contributed by atoms with E-state index in [1.165, 1.54) is 10.9 Å². The second kappa shape index (κ2) is 7.03. The van der Waals surface area contributed by atoms with Gasteiger partial charge in [0.25, 0.3) is 5.56 Å². The van der Waals surface area contributed by atoms with E-state index in [-0.39, 0.29) is 17.9 Å². The highest BCUT2D eigenvalue weighted by molar-refractivity contribution is 5.96. The average Bonchev–Trinajstić information content (AvgIpc) is 2.72. The Morgan fingerprint density at radius 1 is 1.00 bits per heavy atom. The highest BCUT2D eigenvalue weighted by Crippen LogP contribution is 2.21. The number of rotatable bonds is 4. The minimum Gasteiger partial charge on any atom is -0.315 e. The van der Waals surface area contributed by atoms with Gasteiger partial charge in [-0.25, -0.2) is 4.98 Å². The lowest BCUT2D eigenvalue weighted by molar-refractivity contribution is -0.118. The second-order valence-electron chi connectivity index (χ2n) is 6.49. The molecule has 1 heterocycles. The lowest BCUT2D eigenvalue weighted by Crippen LogP contribution is -2.29. The minimum atomic E-state index is -0.123. The fourth-order valence-corrected chi connectivity index (χ4v) is 3.18. The molecular formula is C22H19N3O2. The van der Waals surface area contributed by atoms with Crippen LogP contribution in [-0.4, -0.2) is 22.5 Å². The van der Waals surface area contributed by atoms with E-state index in [4.69, 9.17) is 0 Å². The molecule has 0 aliphatic heterocycles. The van der Waals surface area contributed by atoms with Crippen LogP contribution < -0.4 is 10.5 Å². The molecule has 3 aromatic carbocycles. The van der Waals surface area contributed by atoms with Crippen LogP contribution in [0.25, 0.3) is 21.7 Å². The Hall–Kier alpha value is -3.47. The number of benzene rings is 3. The number of hydrogen-bond acceptors (Lipinski definition) is 3. The number of anilines is 1. The van der Waals surface area contributed by atoms with E-state index in [2.05, 4.69) is 4.98 Å². The number of carbonyl (C=O) groups excluding carboxylic acids is 1. The van der Waals surface area contributed by atoms with E-state index < -0.39 is 0 Å². The Kier molecular flexibility index (Phi) is 4.42. The average molecular weight is 357 g/mol. The molecule has 0 unspecified atom stereocenters. The zero-order valence-electron chi connectivity index (χ0n) is 15.0. The van der Waals surface area contributed by atoms with Gasteiger partial charge in [0.1, 0.15) is 0 Å². The topological polar surface area (TPSA) is 55.2 Å². The summed E-state index contributed by atoms with van der Waals surface area (Å²) < 4.78 is 1.49. The third-order valence-corrected chi connectivity index (χ3v) is 4.79. The maximum Gasteiger partial charge on any atom is 0.261 e. The van der Waals surface area contributed by atoms with E-state index in [0.717, 1.165) is 16.5 Å². The highest BCUT2D eigenvalue weighted by Gasteiger charge is 2.12. The molecule has 0 saturated carbocycles. The molecule has 1 amide bonds. The van der Waals surface area contributed by atoms with Crippen molar-refractivity contribution in [2.75, 3.05) is 11.9 Å². The molecule has 0 aliphatic carbocycles. The molecule has 5 nitrogen and oxygen atoms in total. The smallest absolute Gasteiger partial charge is 0.261 e. The van der Waals surface area contributed by atoms with Crippen molar-refractivity contribution in [3.8, 4) is 0 Å². The molecule has 0 fully saturated rings. The first kappa shape index (κ1) is 17.0. The van der Waals surface area contributed by atoms with Gasteiger partial charge in [-0.15, -0.1) is 0 Å². The van der Waals surface area contributed by atoms with Crippen molar-refractivity contribution in [3.63, 3.8) is 0 Å². The molecule has 4 rings (SSSR count). The van der Waals surface area contributed by atoms with Crippen LogP contribution in [0.1, 0.15) is 6.42 Å². The highest BCUT2D eigenvalue weighted by atomic mass is 16.2. The molecule has 0 saturated heterocycles. The predicted molar refractivity (Wildman–Crippen MR) is 108 cm³/mol. The predicted octanol–water partition coefficient (Wildman–Crippen LogP) is 3.60. The number of para-hydroxylation sites is 1. The lowest BCUT2D eigenvalue weighted by Gasteiger charge is -2.18. The summed E-state index contributed by atoms with van der Waals surface area (Å²) in [6.07, 6.45) is 1.73. The van der Waals surface area contributed by atoms with Gasteiger partial charge in [0.15, 0.2) is 0 Å². The standard InChI is InChI=1S/C22H19N3O2/c1-24(18-11-10-16-6-2-3-7-17(16)14-18)21(26)12-13-25-15-23-20-9-5-4-8-19(20)22(25)27/h2-11,14-15H,12-13H2,1H3. The van der Waals surface area contributed by atoms with Crippen molar-refractivity contribution in [2.45, 2.75) is 13.0 Å². The molecule has 0 bridgehead atoms. The van der Waals surface area contributed by atoms with E-state index in [0.29, 0.717) is 17.4 Å². The first-order valence-electron chi connectivity index (χ1n) is 8.83. The van der Waals surface area contributed by atoms with E-state index in [1.54, 1.807) is 24.1 Å². The molecule has 0 N–H and O–H groups in total. The van der Waals surface area contributed by atoms with Gasteiger partial charge >= 0.3 is 0 Å². The van der Waals surface area contributed by atoms with Crippen LogP contribution in [0.3, 0.4) is 0 Å². The van der Waals surface area contributed by atoms with Crippen LogP contribution in [0.5, 0.6) is 0 Å². The van der Waals surface area contributed by atoms with Crippen molar-refractivity contribution in [2.24, 2.45) is 0 Å². The molecule has 0 aliphatic rings. The molecule has 0 atom stereocenters. The normalized spacial score (nSPS) is 11.0. The Balaban J connectivity index is 1.51. The molecule has 0 radical (unpaired) electrons. The van der Waals surface area contributed by atoms with E-state index in [9.17, 15) is 9.59 Å². The summed E-state index contributed by atoms with van der Waals surface area (Å²) in [5.74, 6) is -0.0506. The minimum absolute atomic E-state index is 0.0506. The monoisotopic (exact) mass is 357 g/mol. The third-order valence-electron chi connectivity index (χ3n) is 4.79. The zero-order valence-corrected chi connectivity index (χ0v) is 15.0. The lowest BCUT2D eigenvalue weighted by atomic mass is 10.1. The van der Waals surface area contributed by atoms with Crippen molar-refractivity contribution >= 4 is 33.3 Å². The zero-order chi connectivity index (χ0) is 18.8. The fourth-order valence-electron chi connectivity index (χ4n) is 3.18. The van der Waals surface area contributed by atoms with Gasteiger partial charge in [0.2, 0.25) is 5.91 Å². The van der Waals surface area contributed by atoms with E-state index >= 15 is 0 Å². The SMILES string of the molecule is CN(C(=O)CCn1cnc2ccccc2c1=O)c1ccc2ccccc2c1. The van der Waals surface area contributed by atoms with Crippen LogP contribution in [0.2, 0.25) is 0 Å². The van der Waals surface area contributed by atoms with E-state index in [1.807, 2.05) is 54.6 Å². The number of amides is 1. The Morgan fingerprint density at radius 2 is 1.74 bits per heavy atom. The first-order valence-corrected chi connectivity index (χ1v) is 8.83. The van der Waals surface area contributed by atoms with Crippen LogP contribution in [0.4, 0.5) is 5.69 Å². The van der Waals surface area contributed by atoms with Crippen LogP contribution in [0.15, 0.2) is 77.9 Å². The van der Waals surface area contributed by atoms with Gasteiger partial charge in [0, 0.05) is 25.7 Å². The Bertz CT molecular complexity index is 1200. The van der Waals surface area contributed by atoms with Gasteiger partial charge < -0.3 is 4.90 Å².